The van der Waals surface area contributed by atoms with Crippen LogP contribution in [-0.2, 0) is 4.74 Å². The molecule has 0 aromatic heterocycles. The highest BCUT2D eigenvalue weighted by Gasteiger charge is 2.22. The Morgan fingerprint density at radius 2 is 2.10 bits per heavy atom. The van der Waals surface area contributed by atoms with Gasteiger partial charge in [-0.15, -0.1) is 0 Å². The van der Waals surface area contributed by atoms with Gasteiger partial charge in [-0.25, -0.2) is 0 Å². The molecular weight excluding hydrogens is 246 g/mol. The van der Waals surface area contributed by atoms with Crippen LogP contribution in [0.25, 0.3) is 0 Å². The molecule has 0 spiro atoms. The normalized spacial score (nSPS) is 25.1. The van der Waals surface area contributed by atoms with Crippen LogP contribution in [0, 0.1) is 0 Å². The third-order valence-corrected chi connectivity index (χ3v) is 5.01. The Morgan fingerprint density at radius 3 is 2.75 bits per heavy atom. The van der Waals surface area contributed by atoms with E-state index in [4.69, 9.17) is 4.74 Å². The van der Waals surface area contributed by atoms with E-state index < -0.39 is 0 Å². The van der Waals surface area contributed by atoms with Gasteiger partial charge in [0.25, 0.3) is 0 Å². The zero-order valence-electron chi connectivity index (χ0n) is 12.6. The number of nitrogens with one attached hydrogen (secondary N) is 1. The fraction of sp³-hybridized carbons (Fsp3) is 0.667. The SMILES string of the molecule is CNC(CC1CCCCO1)c1cccc(C2CCC2)c1. The Labute approximate surface area is 122 Å². The zero-order chi connectivity index (χ0) is 13.8. The lowest BCUT2D eigenvalue weighted by Crippen LogP contribution is -2.27. The predicted octanol–water partition coefficient (Wildman–Crippen LogP) is 4.17. The van der Waals surface area contributed by atoms with Crippen molar-refractivity contribution in [3.05, 3.63) is 35.4 Å². The van der Waals surface area contributed by atoms with Crippen LogP contribution in [0.2, 0.25) is 0 Å². The van der Waals surface area contributed by atoms with Gasteiger partial charge in [0.05, 0.1) is 6.10 Å². The maximum absolute atomic E-state index is 5.90. The molecule has 2 heteroatoms. The maximum Gasteiger partial charge on any atom is 0.0593 e. The summed E-state index contributed by atoms with van der Waals surface area (Å²) in [4.78, 5) is 0. The summed E-state index contributed by atoms with van der Waals surface area (Å²) in [6.45, 7) is 0.948. The van der Waals surface area contributed by atoms with Gasteiger partial charge in [-0.3, -0.25) is 0 Å². The maximum atomic E-state index is 5.90. The Balaban J connectivity index is 1.67. The van der Waals surface area contributed by atoms with Crippen LogP contribution in [0.15, 0.2) is 24.3 Å². The summed E-state index contributed by atoms with van der Waals surface area (Å²) in [5.41, 5.74) is 2.98. The van der Waals surface area contributed by atoms with Gasteiger partial charge in [0.15, 0.2) is 0 Å². The van der Waals surface area contributed by atoms with Gasteiger partial charge in [-0.2, -0.15) is 0 Å². The van der Waals surface area contributed by atoms with Gasteiger partial charge in [-0.05, 0) is 62.6 Å². The molecule has 0 amide bonds. The molecule has 1 heterocycles. The van der Waals surface area contributed by atoms with Gasteiger partial charge >= 0.3 is 0 Å². The van der Waals surface area contributed by atoms with Crippen molar-refractivity contribution in [1.82, 2.24) is 5.32 Å². The molecular formula is C18H27NO. The van der Waals surface area contributed by atoms with Crippen LogP contribution in [0.4, 0.5) is 0 Å². The van der Waals surface area contributed by atoms with Crippen LogP contribution in [-0.4, -0.2) is 19.8 Å². The Morgan fingerprint density at radius 1 is 1.20 bits per heavy atom. The quantitative estimate of drug-likeness (QED) is 0.869. The van der Waals surface area contributed by atoms with Crippen molar-refractivity contribution in [2.45, 2.75) is 63.0 Å². The molecule has 1 saturated heterocycles. The van der Waals surface area contributed by atoms with E-state index in [-0.39, 0.29) is 0 Å². The fourth-order valence-electron chi connectivity index (χ4n) is 3.45. The van der Waals surface area contributed by atoms with E-state index >= 15 is 0 Å². The molecule has 2 atom stereocenters. The highest BCUT2D eigenvalue weighted by atomic mass is 16.5. The van der Waals surface area contributed by atoms with Crippen LogP contribution in [0.1, 0.15) is 68.0 Å². The lowest BCUT2D eigenvalue weighted by atomic mass is 9.79. The van der Waals surface area contributed by atoms with Gasteiger partial charge < -0.3 is 10.1 Å². The standard InChI is InChI=1S/C18H27NO/c1-19-18(13-17-10-2-3-11-20-17)16-9-5-8-15(12-16)14-6-4-7-14/h5,8-9,12,14,17-19H,2-4,6-7,10-11,13H2,1H3. The second kappa shape index (κ2) is 6.73. The molecule has 1 aromatic carbocycles. The minimum absolute atomic E-state index is 0.429. The average molecular weight is 273 g/mol. The van der Waals surface area contributed by atoms with Gasteiger partial charge in [0.2, 0.25) is 0 Å². The minimum Gasteiger partial charge on any atom is -0.378 e. The van der Waals surface area contributed by atoms with Crippen molar-refractivity contribution in [1.29, 1.82) is 0 Å². The molecule has 2 aliphatic rings. The Kier molecular flexibility index (Phi) is 4.74. The molecule has 20 heavy (non-hydrogen) atoms. The molecule has 1 aliphatic carbocycles. The number of ether oxygens (including phenoxy) is 1. The molecule has 1 N–H and O–H groups in total. The lowest BCUT2D eigenvalue weighted by Gasteiger charge is -2.29. The summed E-state index contributed by atoms with van der Waals surface area (Å²) >= 11 is 0. The van der Waals surface area contributed by atoms with E-state index in [9.17, 15) is 0 Å². The van der Waals surface area contributed by atoms with Crippen LogP contribution < -0.4 is 5.32 Å². The second-order valence-corrected chi connectivity index (χ2v) is 6.36. The molecule has 0 bridgehead atoms. The molecule has 2 fully saturated rings. The van der Waals surface area contributed by atoms with Crippen molar-refractivity contribution < 1.29 is 4.74 Å². The summed E-state index contributed by atoms with van der Waals surface area (Å²) in [5, 5.41) is 3.49. The van der Waals surface area contributed by atoms with Crippen molar-refractivity contribution in [2.75, 3.05) is 13.7 Å². The minimum atomic E-state index is 0.429. The topological polar surface area (TPSA) is 21.3 Å². The first-order valence-electron chi connectivity index (χ1n) is 8.25. The van der Waals surface area contributed by atoms with E-state index in [1.807, 2.05) is 0 Å². The van der Waals surface area contributed by atoms with E-state index in [1.165, 1.54) is 44.1 Å². The highest BCUT2D eigenvalue weighted by molar-refractivity contribution is 5.29. The van der Waals surface area contributed by atoms with Crippen molar-refractivity contribution in [3.8, 4) is 0 Å². The highest BCUT2D eigenvalue weighted by Crippen LogP contribution is 2.37. The molecule has 1 aliphatic heterocycles. The Bertz CT molecular complexity index is 421. The first kappa shape index (κ1) is 14.1. The van der Waals surface area contributed by atoms with Crippen LogP contribution in [0.3, 0.4) is 0 Å². The van der Waals surface area contributed by atoms with E-state index in [2.05, 4.69) is 36.6 Å². The van der Waals surface area contributed by atoms with Gasteiger partial charge in [0, 0.05) is 12.6 Å². The van der Waals surface area contributed by atoms with Crippen LogP contribution >= 0.6 is 0 Å². The van der Waals surface area contributed by atoms with Gasteiger partial charge in [-0.1, -0.05) is 30.7 Å². The molecule has 1 aromatic rings. The molecule has 2 nitrogen and oxygen atoms in total. The average Bonchev–Trinajstić information content (AvgIpc) is 2.44. The molecule has 3 rings (SSSR count). The third kappa shape index (κ3) is 3.24. The lowest BCUT2D eigenvalue weighted by molar-refractivity contribution is 0.00547. The van der Waals surface area contributed by atoms with Crippen molar-refractivity contribution in [3.63, 3.8) is 0 Å². The van der Waals surface area contributed by atoms with Crippen LogP contribution in [0.5, 0.6) is 0 Å². The Hall–Kier alpha value is -0.860. The summed E-state index contributed by atoms with van der Waals surface area (Å²) in [6.07, 6.45) is 9.47. The summed E-state index contributed by atoms with van der Waals surface area (Å²) in [6, 6.07) is 9.66. The monoisotopic (exact) mass is 273 g/mol. The number of hydrogen-bond acceptors (Lipinski definition) is 2. The summed E-state index contributed by atoms with van der Waals surface area (Å²) in [5.74, 6) is 0.818. The first-order valence-corrected chi connectivity index (χ1v) is 8.25. The van der Waals surface area contributed by atoms with Gasteiger partial charge in [0.1, 0.15) is 0 Å². The summed E-state index contributed by atoms with van der Waals surface area (Å²) < 4.78 is 5.90. The third-order valence-electron chi connectivity index (χ3n) is 5.01. The summed E-state index contributed by atoms with van der Waals surface area (Å²) in [7, 11) is 2.07. The fourth-order valence-corrected chi connectivity index (χ4v) is 3.45. The molecule has 0 radical (unpaired) electrons. The smallest absolute Gasteiger partial charge is 0.0593 e. The number of hydrogen-bond donors (Lipinski definition) is 1. The largest absolute Gasteiger partial charge is 0.378 e. The van der Waals surface area contributed by atoms with Crippen molar-refractivity contribution in [2.24, 2.45) is 0 Å². The number of benzene rings is 1. The van der Waals surface area contributed by atoms with E-state index in [0.29, 0.717) is 12.1 Å². The molecule has 1 saturated carbocycles. The molecule has 2 unspecified atom stereocenters. The van der Waals surface area contributed by atoms with Crippen molar-refractivity contribution >= 4 is 0 Å². The predicted molar refractivity (Wildman–Crippen MR) is 83.0 cm³/mol. The second-order valence-electron chi connectivity index (χ2n) is 6.36. The number of rotatable bonds is 5. The van der Waals surface area contributed by atoms with E-state index in [0.717, 1.165) is 18.9 Å². The van der Waals surface area contributed by atoms with E-state index in [1.54, 1.807) is 5.56 Å². The molecule has 110 valence electrons. The zero-order valence-corrected chi connectivity index (χ0v) is 12.6. The first-order chi connectivity index (χ1) is 9.86.